The normalized spacial score (nSPS) is 22.9. The zero-order valence-electron chi connectivity index (χ0n) is 14.0. The van der Waals surface area contributed by atoms with Gasteiger partial charge in [-0.15, -0.1) is 0 Å². The molecule has 0 N–H and O–H groups in total. The number of hydrogen-bond acceptors (Lipinski definition) is 3. The van der Waals surface area contributed by atoms with E-state index >= 15 is 0 Å². The zero-order valence-corrected chi connectivity index (χ0v) is 14.0. The molecule has 2 rings (SSSR count). The first-order valence-electron chi connectivity index (χ1n) is 8.60. The van der Waals surface area contributed by atoms with Crippen LogP contribution in [0.2, 0.25) is 0 Å². The van der Waals surface area contributed by atoms with Crippen molar-refractivity contribution < 1.29 is 14.3 Å². The van der Waals surface area contributed by atoms with E-state index in [1.54, 1.807) is 0 Å². The maximum Gasteiger partial charge on any atom is 0.305 e. The Balaban J connectivity index is 2.13. The Hall–Kier alpha value is -1.51. The van der Waals surface area contributed by atoms with E-state index in [4.69, 9.17) is 9.47 Å². The average Bonchev–Trinajstić information content (AvgIpc) is 2.55. The molecule has 3 nitrogen and oxygen atoms in total. The van der Waals surface area contributed by atoms with Gasteiger partial charge in [-0.25, -0.2) is 0 Å². The van der Waals surface area contributed by atoms with Crippen LogP contribution in [-0.4, -0.2) is 18.2 Å². The van der Waals surface area contributed by atoms with Crippen LogP contribution in [0.3, 0.4) is 0 Å². The second-order valence-electron chi connectivity index (χ2n) is 6.18. The van der Waals surface area contributed by atoms with Gasteiger partial charge in [0, 0.05) is 12.3 Å². The number of carbonyl (C=O) groups excluding carboxylic acids is 1. The fourth-order valence-corrected chi connectivity index (χ4v) is 3.01. The zero-order chi connectivity index (χ0) is 15.9. The summed E-state index contributed by atoms with van der Waals surface area (Å²) in [5.74, 6) is 1.12. The molecule has 1 aromatic rings. The third kappa shape index (κ3) is 4.49. The summed E-state index contributed by atoms with van der Waals surface area (Å²) in [7, 11) is 0. The minimum absolute atomic E-state index is 0.0139. The molecule has 0 heterocycles. The Labute approximate surface area is 134 Å². The van der Waals surface area contributed by atoms with Crippen LogP contribution in [0.1, 0.15) is 70.8 Å². The van der Waals surface area contributed by atoms with Crippen LogP contribution in [0, 0.1) is 0 Å². The Morgan fingerprint density at radius 2 is 2.05 bits per heavy atom. The van der Waals surface area contributed by atoms with E-state index < -0.39 is 0 Å². The van der Waals surface area contributed by atoms with Gasteiger partial charge in [0.2, 0.25) is 0 Å². The molecule has 22 heavy (non-hydrogen) atoms. The molecule has 0 bridgehead atoms. The quantitative estimate of drug-likeness (QED) is 0.705. The summed E-state index contributed by atoms with van der Waals surface area (Å²) in [6, 6.07) is 8.30. The van der Waals surface area contributed by atoms with Gasteiger partial charge in [-0.3, -0.25) is 4.79 Å². The van der Waals surface area contributed by atoms with Gasteiger partial charge < -0.3 is 9.47 Å². The summed E-state index contributed by atoms with van der Waals surface area (Å²) in [4.78, 5) is 11.7. The van der Waals surface area contributed by atoms with Crippen LogP contribution in [-0.2, 0) is 9.53 Å². The predicted octanol–water partition coefficient (Wildman–Crippen LogP) is 4.84. The van der Waals surface area contributed by atoms with Gasteiger partial charge in [0.25, 0.3) is 0 Å². The molecular weight excluding hydrogens is 276 g/mol. The third-order valence-corrected chi connectivity index (χ3v) is 4.47. The van der Waals surface area contributed by atoms with Crippen LogP contribution in [0.5, 0.6) is 5.75 Å². The SMILES string of the molecule is CCC(=O)O[C@@H]1CCCC[C@H]1c1cccc(OC(C)CC)c1. The maximum atomic E-state index is 11.7. The van der Waals surface area contributed by atoms with Crippen molar-refractivity contribution >= 4 is 5.97 Å². The van der Waals surface area contributed by atoms with Crippen molar-refractivity contribution in [1.82, 2.24) is 0 Å². The molecule has 0 spiro atoms. The Bertz CT molecular complexity index is 483. The first-order chi connectivity index (χ1) is 10.6. The van der Waals surface area contributed by atoms with E-state index in [1.165, 1.54) is 12.0 Å². The third-order valence-electron chi connectivity index (χ3n) is 4.47. The lowest BCUT2D eigenvalue weighted by Gasteiger charge is -2.31. The minimum atomic E-state index is -0.0936. The van der Waals surface area contributed by atoms with Gasteiger partial charge in [0.05, 0.1) is 6.10 Å². The van der Waals surface area contributed by atoms with Gasteiger partial charge in [-0.2, -0.15) is 0 Å². The van der Waals surface area contributed by atoms with Crippen molar-refractivity contribution in [2.75, 3.05) is 0 Å². The number of hydrogen-bond donors (Lipinski definition) is 0. The highest BCUT2D eigenvalue weighted by Gasteiger charge is 2.29. The van der Waals surface area contributed by atoms with Crippen molar-refractivity contribution in [2.45, 2.75) is 77.4 Å². The molecule has 0 aromatic heterocycles. The molecule has 0 amide bonds. The molecule has 1 unspecified atom stereocenters. The van der Waals surface area contributed by atoms with Crippen LogP contribution >= 0.6 is 0 Å². The Kier molecular flexibility index (Phi) is 6.29. The van der Waals surface area contributed by atoms with E-state index in [1.807, 2.05) is 19.1 Å². The molecule has 3 heteroatoms. The molecule has 1 aliphatic carbocycles. The standard InChI is InChI=1S/C19H28O3/c1-4-14(3)21-16-10-8-9-15(13-16)17-11-6-7-12-18(17)22-19(20)5-2/h8-10,13-14,17-18H,4-7,11-12H2,1-3H3/t14?,17-,18+/m0/s1. The minimum Gasteiger partial charge on any atom is -0.491 e. The van der Waals surface area contributed by atoms with Crippen LogP contribution < -0.4 is 4.74 Å². The summed E-state index contributed by atoms with van der Waals surface area (Å²) < 4.78 is 11.6. The second kappa shape index (κ2) is 8.21. The van der Waals surface area contributed by atoms with E-state index in [2.05, 4.69) is 26.0 Å². The molecule has 0 aliphatic heterocycles. The van der Waals surface area contributed by atoms with Gasteiger partial charge in [-0.05, 0) is 50.3 Å². The molecule has 0 radical (unpaired) electrons. The number of benzene rings is 1. The highest BCUT2D eigenvalue weighted by Crippen LogP contribution is 2.36. The van der Waals surface area contributed by atoms with Crippen molar-refractivity contribution in [3.63, 3.8) is 0 Å². The van der Waals surface area contributed by atoms with Crippen LogP contribution in [0.25, 0.3) is 0 Å². The molecule has 0 saturated heterocycles. The van der Waals surface area contributed by atoms with Gasteiger partial charge in [-0.1, -0.05) is 32.4 Å². The molecule has 1 saturated carbocycles. The largest absolute Gasteiger partial charge is 0.491 e. The smallest absolute Gasteiger partial charge is 0.305 e. The lowest BCUT2D eigenvalue weighted by molar-refractivity contribution is -0.151. The Morgan fingerprint density at radius 1 is 1.27 bits per heavy atom. The molecule has 122 valence electrons. The van der Waals surface area contributed by atoms with Gasteiger partial charge in [0.15, 0.2) is 0 Å². The monoisotopic (exact) mass is 304 g/mol. The van der Waals surface area contributed by atoms with E-state index in [-0.39, 0.29) is 18.2 Å². The predicted molar refractivity (Wildman–Crippen MR) is 88.2 cm³/mol. The maximum absolute atomic E-state index is 11.7. The fourth-order valence-electron chi connectivity index (χ4n) is 3.01. The first-order valence-corrected chi connectivity index (χ1v) is 8.60. The van der Waals surface area contributed by atoms with Gasteiger partial charge >= 0.3 is 5.97 Å². The highest BCUT2D eigenvalue weighted by atomic mass is 16.5. The first kappa shape index (κ1) is 16.9. The Morgan fingerprint density at radius 3 is 2.77 bits per heavy atom. The lowest BCUT2D eigenvalue weighted by Crippen LogP contribution is -2.28. The van der Waals surface area contributed by atoms with Crippen molar-refractivity contribution in [2.24, 2.45) is 0 Å². The number of ether oxygens (including phenoxy) is 2. The lowest BCUT2D eigenvalue weighted by atomic mass is 9.81. The number of esters is 1. The van der Waals surface area contributed by atoms with Gasteiger partial charge in [0.1, 0.15) is 11.9 Å². The molecule has 1 aromatic carbocycles. The van der Waals surface area contributed by atoms with E-state index in [0.29, 0.717) is 12.3 Å². The van der Waals surface area contributed by atoms with Crippen molar-refractivity contribution in [3.05, 3.63) is 29.8 Å². The topological polar surface area (TPSA) is 35.5 Å². The number of carbonyl (C=O) groups is 1. The molecular formula is C19H28O3. The molecule has 1 aliphatic rings. The fraction of sp³-hybridized carbons (Fsp3) is 0.632. The van der Waals surface area contributed by atoms with Crippen molar-refractivity contribution in [1.29, 1.82) is 0 Å². The number of rotatable bonds is 6. The summed E-state index contributed by atoms with van der Waals surface area (Å²) >= 11 is 0. The van der Waals surface area contributed by atoms with Crippen LogP contribution in [0.4, 0.5) is 0 Å². The summed E-state index contributed by atoms with van der Waals surface area (Å²) in [6.07, 6.45) is 6.05. The molecule has 1 fully saturated rings. The second-order valence-corrected chi connectivity index (χ2v) is 6.18. The molecule has 3 atom stereocenters. The van der Waals surface area contributed by atoms with E-state index in [9.17, 15) is 4.79 Å². The highest BCUT2D eigenvalue weighted by molar-refractivity contribution is 5.69. The summed E-state index contributed by atoms with van der Waals surface area (Å²) in [6.45, 7) is 6.05. The van der Waals surface area contributed by atoms with Crippen molar-refractivity contribution in [3.8, 4) is 5.75 Å². The summed E-state index contributed by atoms with van der Waals surface area (Å²) in [5.41, 5.74) is 1.23. The van der Waals surface area contributed by atoms with Crippen LogP contribution in [0.15, 0.2) is 24.3 Å². The average molecular weight is 304 g/mol. The summed E-state index contributed by atoms with van der Waals surface area (Å²) in [5, 5.41) is 0. The van der Waals surface area contributed by atoms with E-state index in [0.717, 1.165) is 31.4 Å².